The van der Waals surface area contributed by atoms with Gasteiger partial charge in [-0.1, -0.05) is 36.4 Å². The van der Waals surface area contributed by atoms with Crippen LogP contribution in [0, 0.1) is 0 Å². The average molecular weight is 415 g/mol. The van der Waals surface area contributed by atoms with Crippen LogP contribution in [-0.2, 0) is 9.59 Å². The normalized spacial score (nSPS) is 16.1. The molecule has 2 N–H and O–H groups in total. The van der Waals surface area contributed by atoms with Crippen LogP contribution in [0.4, 0.5) is 0 Å². The van der Waals surface area contributed by atoms with Crippen molar-refractivity contribution >= 4 is 23.6 Å². The second-order valence-electron chi connectivity index (χ2n) is 6.74. The van der Waals surface area contributed by atoms with Gasteiger partial charge in [0.15, 0.2) is 6.61 Å². The van der Waals surface area contributed by atoms with Gasteiger partial charge in [-0.25, -0.2) is 0 Å². The lowest BCUT2D eigenvalue weighted by atomic mass is 10.00. The van der Waals surface area contributed by atoms with E-state index in [9.17, 15) is 9.59 Å². The van der Waals surface area contributed by atoms with E-state index in [2.05, 4.69) is 10.6 Å². The van der Waals surface area contributed by atoms with Crippen LogP contribution >= 0.6 is 11.8 Å². The van der Waals surface area contributed by atoms with Gasteiger partial charge in [0.2, 0.25) is 5.91 Å². The third kappa shape index (κ3) is 6.15. The maximum absolute atomic E-state index is 12.9. The number of rotatable bonds is 9. The molecule has 1 aliphatic heterocycles. The molecule has 1 aliphatic rings. The van der Waals surface area contributed by atoms with Gasteiger partial charge < -0.3 is 20.1 Å². The monoisotopic (exact) mass is 414 g/mol. The molecule has 2 atom stereocenters. The highest BCUT2D eigenvalue weighted by Crippen LogP contribution is 2.31. The zero-order valence-corrected chi connectivity index (χ0v) is 17.2. The van der Waals surface area contributed by atoms with E-state index in [0.717, 1.165) is 17.1 Å². The number of fused-ring (bicyclic) bond motifs is 1. The molecule has 0 saturated carbocycles. The molecule has 7 heteroatoms. The first-order valence-electron chi connectivity index (χ1n) is 9.65. The fourth-order valence-electron chi connectivity index (χ4n) is 3.17. The summed E-state index contributed by atoms with van der Waals surface area (Å²) in [4.78, 5) is 25.3. The number of hydrogen-bond acceptors (Lipinski definition) is 5. The summed E-state index contributed by atoms with van der Waals surface area (Å²) in [6.45, 7) is 0.419. The van der Waals surface area contributed by atoms with E-state index in [1.165, 1.54) is 0 Å². The number of carbonyl (C=O) groups excluding carboxylic acids is 2. The highest BCUT2D eigenvalue weighted by atomic mass is 32.2. The summed E-state index contributed by atoms with van der Waals surface area (Å²) in [6, 6.07) is 16.1. The molecular weight excluding hydrogens is 388 g/mol. The molecule has 0 radical (unpaired) electrons. The van der Waals surface area contributed by atoms with Gasteiger partial charge in [0, 0.05) is 12.0 Å². The molecule has 0 aliphatic carbocycles. The molecule has 29 heavy (non-hydrogen) atoms. The van der Waals surface area contributed by atoms with E-state index in [1.54, 1.807) is 23.9 Å². The Balaban J connectivity index is 1.59. The number of thioether (sulfide) groups is 1. The predicted molar refractivity (Wildman–Crippen MR) is 114 cm³/mol. The van der Waals surface area contributed by atoms with Crippen LogP contribution in [0.5, 0.6) is 11.5 Å². The van der Waals surface area contributed by atoms with Crippen molar-refractivity contribution in [2.24, 2.45) is 0 Å². The Morgan fingerprint density at radius 2 is 1.93 bits per heavy atom. The van der Waals surface area contributed by atoms with Crippen LogP contribution in [0.25, 0.3) is 0 Å². The highest BCUT2D eigenvalue weighted by Gasteiger charge is 2.27. The summed E-state index contributed by atoms with van der Waals surface area (Å²) in [5.74, 6) is 1.68. The molecule has 2 aromatic carbocycles. The fraction of sp³-hybridized carbons (Fsp3) is 0.364. The zero-order valence-electron chi connectivity index (χ0n) is 16.4. The summed E-state index contributed by atoms with van der Waals surface area (Å²) in [5.41, 5.74) is 0.967. The highest BCUT2D eigenvalue weighted by molar-refractivity contribution is 7.98. The van der Waals surface area contributed by atoms with Gasteiger partial charge in [-0.2, -0.15) is 11.8 Å². The van der Waals surface area contributed by atoms with Crippen LogP contribution in [-0.4, -0.2) is 43.1 Å². The molecule has 2 amide bonds. The molecule has 2 aromatic rings. The van der Waals surface area contributed by atoms with E-state index in [1.807, 2.05) is 48.7 Å². The molecular formula is C22H26N2O4S. The minimum Gasteiger partial charge on any atom is -0.493 e. The molecule has 0 bridgehead atoms. The van der Waals surface area contributed by atoms with Crippen LogP contribution in [0.15, 0.2) is 54.6 Å². The minimum atomic E-state index is -0.607. The standard InChI is InChI=1S/C22H26N2O4S/c1-29-14-12-19(23-21(25)15-28-16-7-3-2-4-8-16)22(26)24-18-11-13-27-20-10-6-5-9-17(18)20/h2-10,18-19H,11-15H2,1H3,(H,23,25)(H,24,26)/t18-,19+/m0/s1. The first-order chi connectivity index (χ1) is 14.2. The van der Waals surface area contributed by atoms with E-state index >= 15 is 0 Å². The van der Waals surface area contributed by atoms with Crippen molar-refractivity contribution in [3.05, 3.63) is 60.2 Å². The van der Waals surface area contributed by atoms with E-state index in [4.69, 9.17) is 9.47 Å². The Morgan fingerprint density at radius 1 is 1.17 bits per heavy atom. The summed E-state index contributed by atoms with van der Waals surface area (Å²) < 4.78 is 11.1. The Hall–Kier alpha value is -2.67. The summed E-state index contributed by atoms with van der Waals surface area (Å²) in [5, 5.41) is 5.89. The Morgan fingerprint density at radius 3 is 2.72 bits per heavy atom. The van der Waals surface area contributed by atoms with E-state index in [0.29, 0.717) is 25.2 Å². The number of nitrogens with one attached hydrogen (secondary N) is 2. The van der Waals surface area contributed by atoms with Gasteiger partial charge in [0.05, 0.1) is 12.6 Å². The Bertz CT molecular complexity index is 815. The van der Waals surface area contributed by atoms with Gasteiger partial charge >= 0.3 is 0 Å². The summed E-state index contributed by atoms with van der Waals surface area (Å²) >= 11 is 1.64. The van der Waals surface area contributed by atoms with Crippen molar-refractivity contribution < 1.29 is 19.1 Å². The lowest BCUT2D eigenvalue weighted by Crippen LogP contribution is -2.49. The molecule has 0 saturated heterocycles. The van der Waals surface area contributed by atoms with Gasteiger partial charge in [0.25, 0.3) is 5.91 Å². The van der Waals surface area contributed by atoms with Crippen LogP contribution < -0.4 is 20.1 Å². The zero-order chi connectivity index (χ0) is 20.5. The topological polar surface area (TPSA) is 76.7 Å². The van der Waals surface area contributed by atoms with Crippen LogP contribution in [0.1, 0.15) is 24.4 Å². The number of hydrogen-bond donors (Lipinski definition) is 2. The van der Waals surface area contributed by atoms with Crippen molar-refractivity contribution in [2.45, 2.75) is 24.9 Å². The third-order valence-electron chi connectivity index (χ3n) is 4.65. The average Bonchev–Trinajstić information content (AvgIpc) is 2.76. The first kappa shape index (κ1) is 21.0. The van der Waals surface area contributed by atoms with Crippen molar-refractivity contribution in [2.75, 3.05) is 25.2 Å². The molecule has 0 spiro atoms. The second kappa shape index (κ2) is 10.8. The van der Waals surface area contributed by atoms with Crippen LogP contribution in [0.2, 0.25) is 0 Å². The van der Waals surface area contributed by atoms with Crippen LogP contribution in [0.3, 0.4) is 0 Å². The summed E-state index contributed by atoms with van der Waals surface area (Å²) in [7, 11) is 0. The molecule has 0 fully saturated rings. The fourth-order valence-corrected chi connectivity index (χ4v) is 3.64. The molecule has 1 heterocycles. The lowest BCUT2D eigenvalue weighted by molar-refractivity contribution is -0.130. The predicted octanol–water partition coefficient (Wildman–Crippen LogP) is 2.94. The van der Waals surface area contributed by atoms with Crippen molar-refractivity contribution in [3.8, 4) is 11.5 Å². The van der Waals surface area contributed by atoms with Crippen molar-refractivity contribution in [1.82, 2.24) is 10.6 Å². The molecule has 6 nitrogen and oxygen atoms in total. The number of carbonyl (C=O) groups is 2. The minimum absolute atomic E-state index is 0.123. The van der Waals surface area contributed by atoms with Crippen molar-refractivity contribution in [1.29, 1.82) is 0 Å². The van der Waals surface area contributed by atoms with Gasteiger partial charge in [-0.05, 0) is 36.6 Å². The first-order valence-corrected chi connectivity index (χ1v) is 11.0. The molecule has 0 aromatic heterocycles. The number of ether oxygens (including phenoxy) is 2. The van der Waals surface area contributed by atoms with Gasteiger partial charge in [-0.3, -0.25) is 9.59 Å². The largest absolute Gasteiger partial charge is 0.493 e. The summed E-state index contributed by atoms with van der Waals surface area (Å²) in [6.07, 6.45) is 3.22. The number of para-hydroxylation sites is 2. The Kier molecular flexibility index (Phi) is 7.81. The van der Waals surface area contributed by atoms with E-state index < -0.39 is 6.04 Å². The second-order valence-corrected chi connectivity index (χ2v) is 7.73. The number of benzene rings is 2. The van der Waals surface area contributed by atoms with Gasteiger partial charge in [-0.15, -0.1) is 0 Å². The number of amides is 2. The SMILES string of the molecule is CSCC[C@@H](NC(=O)COc1ccccc1)C(=O)N[C@H]1CCOc2ccccc21. The molecule has 3 rings (SSSR count). The van der Waals surface area contributed by atoms with Crippen molar-refractivity contribution in [3.63, 3.8) is 0 Å². The third-order valence-corrected chi connectivity index (χ3v) is 5.29. The smallest absolute Gasteiger partial charge is 0.258 e. The van der Waals surface area contributed by atoms with E-state index in [-0.39, 0.29) is 24.5 Å². The Labute approximate surface area is 175 Å². The lowest BCUT2D eigenvalue weighted by Gasteiger charge is -2.28. The molecule has 154 valence electrons. The molecule has 0 unspecified atom stereocenters. The maximum atomic E-state index is 12.9. The van der Waals surface area contributed by atoms with Gasteiger partial charge in [0.1, 0.15) is 17.5 Å². The quantitative estimate of drug-likeness (QED) is 0.660. The maximum Gasteiger partial charge on any atom is 0.258 e.